The van der Waals surface area contributed by atoms with Crippen LogP contribution in [-0.2, 0) is 11.2 Å². The van der Waals surface area contributed by atoms with Crippen molar-refractivity contribution in [1.82, 2.24) is 5.73 Å². The van der Waals surface area contributed by atoms with Gasteiger partial charge in [0.15, 0.2) is 0 Å². The summed E-state index contributed by atoms with van der Waals surface area (Å²) >= 11 is 0. The fourth-order valence-corrected chi connectivity index (χ4v) is 1.34. The highest BCUT2D eigenvalue weighted by Crippen LogP contribution is 2.13. The number of rotatable bonds is 7. The Morgan fingerprint density at radius 1 is 1.35 bits per heavy atom. The van der Waals surface area contributed by atoms with E-state index in [2.05, 4.69) is 0 Å². The first kappa shape index (κ1) is 13.5. The van der Waals surface area contributed by atoms with Crippen LogP contribution in [0.15, 0.2) is 24.3 Å². The number of ether oxygens (including phenoxy) is 1. The maximum absolute atomic E-state index is 10.7. The average molecular weight is 236 g/mol. The van der Waals surface area contributed by atoms with Gasteiger partial charge in [0.05, 0.1) is 12.6 Å². The van der Waals surface area contributed by atoms with E-state index < -0.39 is 11.9 Å². The monoisotopic (exact) mass is 236 g/mol. The van der Waals surface area contributed by atoms with Gasteiger partial charge in [-0.15, -0.1) is 0 Å². The van der Waals surface area contributed by atoms with Crippen LogP contribution in [0.1, 0.15) is 12.0 Å². The summed E-state index contributed by atoms with van der Waals surface area (Å²) in [6, 6.07) is 6.60. The number of hydrogen-bond donors (Lipinski definition) is 2. The van der Waals surface area contributed by atoms with Crippen molar-refractivity contribution in [3.63, 3.8) is 0 Å². The maximum atomic E-state index is 10.7. The lowest BCUT2D eigenvalue weighted by Crippen LogP contribution is -2.33. The van der Waals surface area contributed by atoms with Gasteiger partial charge in [0.25, 0.3) is 5.91 Å². The number of nitrogens with one attached hydrogen (secondary N) is 1. The van der Waals surface area contributed by atoms with Crippen molar-refractivity contribution in [2.75, 3.05) is 13.2 Å². The first-order chi connectivity index (χ1) is 8.13. The van der Waals surface area contributed by atoms with E-state index >= 15 is 0 Å². The molecular weight excluding hydrogens is 218 g/mol. The van der Waals surface area contributed by atoms with Gasteiger partial charge in [-0.05, 0) is 37.1 Å². The molecule has 1 atom stereocenters. The minimum atomic E-state index is -0.751. The first-order valence-corrected chi connectivity index (χ1v) is 5.56. The van der Waals surface area contributed by atoms with Crippen molar-refractivity contribution in [2.24, 2.45) is 11.5 Å². The zero-order valence-corrected chi connectivity index (χ0v) is 9.69. The lowest BCUT2D eigenvalue weighted by atomic mass is 10.1. The highest BCUT2D eigenvalue weighted by atomic mass is 16.5. The third-order valence-electron chi connectivity index (χ3n) is 2.33. The van der Waals surface area contributed by atoms with Crippen LogP contribution in [0.3, 0.4) is 0 Å². The van der Waals surface area contributed by atoms with E-state index in [9.17, 15) is 4.79 Å². The van der Waals surface area contributed by atoms with Gasteiger partial charge < -0.3 is 16.2 Å². The van der Waals surface area contributed by atoms with Gasteiger partial charge in [0.2, 0.25) is 0 Å². The number of carbonyl (C=O) groups excluding carboxylic acids is 1. The minimum Gasteiger partial charge on any atom is -0.494 e. The molecule has 5 heteroatoms. The van der Waals surface area contributed by atoms with Crippen molar-refractivity contribution >= 4 is 5.91 Å². The molecule has 0 fully saturated rings. The smallest absolute Gasteiger partial charge is 0.255 e. The van der Waals surface area contributed by atoms with E-state index in [1.807, 2.05) is 24.3 Å². The fourth-order valence-electron chi connectivity index (χ4n) is 1.34. The third-order valence-corrected chi connectivity index (χ3v) is 2.33. The lowest BCUT2D eigenvalue weighted by molar-refractivity contribution is -0.119. The van der Waals surface area contributed by atoms with Crippen LogP contribution in [0.25, 0.3) is 0 Å². The van der Waals surface area contributed by atoms with E-state index in [0.29, 0.717) is 19.6 Å². The summed E-state index contributed by atoms with van der Waals surface area (Å²) in [5.74, 6) is 0.0289. The van der Waals surface area contributed by atoms with E-state index in [1.165, 1.54) is 0 Å². The molecule has 0 aliphatic rings. The van der Waals surface area contributed by atoms with E-state index in [-0.39, 0.29) is 0 Å². The second kappa shape index (κ2) is 6.88. The fraction of sp³-hybridized carbons (Fsp3) is 0.417. The number of carbonyl (C=O) groups is 1. The van der Waals surface area contributed by atoms with Gasteiger partial charge in [0, 0.05) is 0 Å². The van der Waals surface area contributed by atoms with Crippen molar-refractivity contribution < 1.29 is 9.53 Å². The topological polar surface area (TPSA) is 102 Å². The summed E-state index contributed by atoms with van der Waals surface area (Å²) in [7, 11) is 0. The molecule has 0 spiro atoms. The van der Waals surface area contributed by atoms with Crippen LogP contribution < -0.4 is 21.9 Å². The average Bonchev–Trinajstić information content (AvgIpc) is 2.31. The molecule has 1 aromatic rings. The molecule has 0 saturated carbocycles. The molecule has 1 aromatic carbocycles. The molecule has 0 aliphatic carbocycles. The van der Waals surface area contributed by atoms with Crippen LogP contribution in [0.5, 0.6) is 5.75 Å². The van der Waals surface area contributed by atoms with Gasteiger partial charge in [-0.3, -0.25) is 10.5 Å². The van der Waals surface area contributed by atoms with Crippen molar-refractivity contribution in [2.45, 2.75) is 18.9 Å². The van der Waals surface area contributed by atoms with Crippen LogP contribution in [0, 0.1) is 0 Å². The Hall–Kier alpha value is -1.59. The summed E-state index contributed by atoms with van der Waals surface area (Å²) in [4.78, 5) is 10.7. The summed E-state index contributed by atoms with van der Waals surface area (Å²) in [5.41, 5.74) is 18.7. The summed E-state index contributed by atoms with van der Waals surface area (Å²) in [5, 5.41) is 0. The Labute approximate surface area is 101 Å². The standard InChI is InChI=1S/C12H18N3O2/c13-6-1-7-17-10-4-2-9(3-5-10)8-11(14)12(15)16/h2-5,11,15H,1,6-8,13-14H2/t11-/m0/s1. The quantitative estimate of drug-likeness (QED) is 0.655. The first-order valence-electron chi connectivity index (χ1n) is 5.56. The van der Waals surface area contributed by atoms with Gasteiger partial charge in [-0.25, -0.2) is 0 Å². The van der Waals surface area contributed by atoms with E-state index in [4.69, 9.17) is 21.9 Å². The number of nitrogens with two attached hydrogens (primary N) is 2. The lowest BCUT2D eigenvalue weighted by Gasteiger charge is -2.08. The van der Waals surface area contributed by atoms with Crippen molar-refractivity contribution in [1.29, 1.82) is 0 Å². The molecule has 0 aliphatic heterocycles. The second-order valence-electron chi connectivity index (χ2n) is 3.81. The second-order valence-corrected chi connectivity index (χ2v) is 3.81. The molecular formula is C12H18N3O2. The molecule has 17 heavy (non-hydrogen) atoms. The number of benzene rings is 1. The molecule has 0 saturated heterocycles. The molecule has 0 heterocycles. The Morgan fingerprint density at radius 3 is 2.53 bits per heavy atom. The van der Waals surface area contributed by atoms with Crippen LogP contribution in [0.2, 0.25) is 0 Å². The predicted molar refractivity (Wildman–Crippen MR) is 65.4 cm³/mol. The predicted octanol–water partition coefficient (Wildman–Crippen LogP) is 0.0935. The summed E-state index contributed by atoms with van der Waals surface area (Å²) in [6.07, 6.45) is 1.20. The van der Waals surface area contributed by atoms with Gasteiger partial charge in [-0.2, -0.15) is 0 Å². The minimum absolute atomic E-state index is 0.380. The van der Waals surface area contributed by atoms with Gasteiger partial charge >= 0.3 is 0 Å². The summed E-state index contributed by atoms with van der Waals surface area (Å²) in [6.45, 7) is 1.21. The Morgan fingerprint density at radius 2 is 2.00 bits per heavy atom. The number of hydrogen-bond acceptors (Lipinski definition) is 4. The molecule has 5 N–H and O–H groups in total. The van der Waals surface area contributed by atoms with Crippen LogP contribution >= 0.6 is 0 Å². The molecule has 93 valence electrons. The third kappa shape index (κ3) is 4.84. The molecule has 1 rings (SSSR count). The van der Waals surface area contributed by atoms with Crippen LogP contribution in [0.4, 0.5) is 0 Å². The largest absolute Gasteiger partial charge is 0.494 e. The Bertz CT molecular complexity index is 351. The molecule has 0 unspecified atom stereocenters. The molecule has 0 bridgehead atoms. The van der Waals surface area contributed by atoms with E-state index in [1.54, 1.807) is 0 Å². The molecule has 5 nitrogen and oxygen atoms in total. The van der Waals surface area contributed by atoms with Crippen molar-refractivity contribution in [3.05, 3.63) is 29.8 Å². The van der Waals surface area contributed by atoms with Gasteiger partial charge in [-0.1, -0.05) is 12.1 Å². The molecule has 1 amide bonds. The Balaban J connectivity index is 2.47. The van der Waals surface area contributed by atoms with Gasteiger partial charge in [0.1, 0.15) is 5.75 Å². The molecule has 1 radical (unpaired) electrons. The zero-order valence-electron chi connectivity index (χ0n) is 9.69. The van der Waals surface area contributed by atoms with E-state index in [0.717, 1.165) is 17.7 Å². The number of amides is 1. The normalized spacial score (nSPS) is 12.1. The highest BCUT2D eigenvalue weighted by molar-refractivity contribution is 5.79. The molecule has 0 aromatic heterocycles. The zero-order chi connectivity index (χ0) is 12.7. The highest BCUT2D eigenvalue weighted by Gasteiger charge is 2.10. The van der Waals surface area contributed by atoms with Crippen molar-refractivity contribution in [3.8, 4) is 5.75 Å². The Kier molecular flexibility index (Phi) is 5.45. The summed E-state index contributed by atoms with van der Waals surface area (Å²) < 4.78 is 5.44. The SMILES string of the molecule is [NH]C(=O)[C@@H](N)Cc1ccc(OCCCN)cc1. The maximum Gasteiger partial charge on any atom is 0.255 e. The van der Waals surface area contributed by atoms with Crippen LogP contribution in [-0.4, -0.2) is 25.1 Å².